The SMILES string of the molecule is CCN(CC)CCNC(=O)c1ccc(OCC(=O)N2C(C)CCCC2C)cc1. The second-order valence-electron chi connectivity index (χ2n) is 7.53. The first-order chi connectivity index (χ1) is 13.5. The lowest BCUT2D eigenvalue weighted by molar-refractivity contribution is -0.139. The van der Waals surface area contributed by atoms with Gasteiger partial charge < -0.3 is 19.9 Å². The molecule has 2 amide bonds. The van der Waals surface area contributed by atoms with Gasteiger partial charge in [0.05, 0.1) is 0 Å². The Balaban J connectivity index is 1.80. The fourth-order valence-electron chi connectivity index (χ4n) is 3.80. The van der Waals surface area contributed by atoms with E-state index in [9.17, 15) is 9.59 Å². The summed E-state index contributed by atoms with van der Waals surface area (Å²) >= 11 is 0. The smallest absolute Gasteiger partial charge is 0.260 e. The Morgan fingerprint density at radius 3 is 2.29 bits per heavy atom. The molecule has 1 heterocycles. The quantitative estimate of drug-likeness (QED) is 0.705. The number of carbonyl (C=O) groups is 2. The van der Waals surface area contributed by atoms with Crippen LogP contribution >= 0.6 is 0 Å². The number of amides is 2. The normalized spacial score (nSPS) is 19.5. The van der Waals surface area contributed by atoms with Crippen LogP contribution in [0.15, 0.2) is 24.3 Å². The standard InChI is InChI=1S/C22H35N3O3/c1-5-24(6-2)15-14-23-22(27)19-10-12-20(13-11-19)28-16-21(26)25-17(3)8-7-9-18(25)4/h10-13,17-18H,5-9,14-16H2,1-4H3,(H,23,27). The van der Waals surface area contributed by atoms with Crippen LogP contribution < -0.4 is 10.1 Å². The van der Waals surface area contributed by atoms with Crippen LogP contribution in [0.4, 0.5) is 0 Å². The fraction of sp³-hybridized carbons (Fsp3) is 0.636. The van der Waals surface area contributed by atoms with Crippen molar-refractivity contribution >= 4 is 11.8 Å². The van der Waals surface area contributed by atoms with Crippen molar-refractivity contribution in [2.24, 2.45) is 0 Å². The number of piperidine rings is 1. The van der Waals surface area contributed by atoms with Gasteiger partial charge in [-0.1, -0.05) is 13.8 Å². The molecule has 1 saturated heterocycles. The number of likely N-dealkylation sites (tertiary alicyclic amines) is 1. The summed E-state index contributed by atoms with van der Waals surface area (Å²) < 4.78 is 5.66. The minimum Gasteiger partial charge on any atom is -0.484 e. The Kier molecular flexibility index (Phi) is 8.77. The molecule has 0 bridgehead atoms. The number of benzene rings is 1. The molecule has 28 heavy (non-hydrogen) atoms. The first kappa shape index (κ1) is 22.2. The summed E-state index contributed by atoms with van der Waals surface area (Å²) in [4.78, 5) is 29.0. The molecule has 1 N–H and O–H groups in total. The number of likely N-dealkylation sites (N-methyl/N-ethyl adjacent to an activating group) is 1. The van der Waals surface area contributed by atoms with Crippen molar-refractivity contribution in [3.63, 3.8) is 0 Å². The Morgan fingerprint density at radius 1 is 1.11 bits per heavy atom. The molecule has 156 valence electrons. The maximum absolute atomic E-state index is 12.5. The summed E-state index contributed by atoms with van der Waals surface area (Å²) in [6, 6.07) is 7.49. The predicted molar refractivity (Wildman–Crippen MR) is 112 cm³/mol. The number of nitrogens with zero attached hydrogens (tertiary/aromatic N) is 2. The lowest BCUT2D eigenvalue weighted by Gasteiger charge is -2.38. The molecule has 1 aromatic carbocycles. The molecule has 1 aliphatic heterocycles. The van der Waals surface area contributed by atoms with Crippen LogP contribution in [0.3, 0.4) is 0 Å². The summed E-state index contributed by atoms with van der Waals surface area (Å²) in [5, 5.41) is 2.94. The van der Waals surface area contributed by atoms with E-state index in [1.807, 2.05) is 4.90 Å². The third-order valence-electron chi connectivity index (χ3n) is 5.57. The molecule has 2 rings (SSSR count). The van der Waals surface area contributed by atoms with Crippen molar-refractivity contribution in [1.82, 2.24) is 15.1 Å². The van der Waals surface area contributed by atoms with Gasteiger partial charge >= 0.3 is 0 Å². The molecule has 0 spiro atoms. The van der Waals surface area contributed by atoms with Gasteiger partial charge in [-0.05, 0) is 70.5 Å². The van der Waals surface area contributed by atoms with Crippen LogP contribution in [0.5, 0.6) is 5.75 Å². The second-order valence-corrected chi connectivity index (χ2v) is 7.53. The highest BCUT2D eigenvalue weighted by atomic mass is 16.5. The fourth-order valence-corrected chi connectivity index (χ4v) is 3.80. The van der Waals surface area contributed by atoms with E-state index in [0.29, 0.717) is 17.9 Å². The highest BCUT2D eigenvalue weighted by Crippen LogP contribution is 2.23. The van der Waals surface area contributed by atoms with Gasteiger partial charge in [-0.15, -0.1) is 0 Å². The highest BCUT2D eigenvalue weighted by Gasteiger charge is 2.28. The number of hydrogen-bond acceptors (Lipinski definition) is 4. The number of ether oxygens (including phenoxy) is 1. The molecule has 0 aliphatic carbocycles. The molecule has 0 saturated carbocycles. The summed E-state index contributed by atoms with van der Waals surface area (Å²) in [5.74, 6) is 0.536. The van der Waals surface area contributed by atoms with Gasteiger partial charge in [-0.2, -0.15) is 0 Å². The van der Waals surface area contributed by atoms with E-state index in [1.165, 1.54) is 6.42 Å². The van der Waals surface area contributed by atoms with E-state index >= 15 is 0 Å². The van der Waals surface area contributed by atoms with E-state index in [2.05, 4.69) is 37.9 Å². The number of carbonyl (C=O) groups excluding carboxylic acids is 2. The summed E-state index contributed by atoms with van der Waals surface area (Å²) in [6.07, 6.45) is 3.27. The van der Waals surface area contributed by atoms with Gasteiger partial charge in [0.2, 0.25) is 0 Å². The second kappa shape index (κ2) is 11.1. The van der Waals surface area contributed by atoms with Crippen LogP contribution in [0, 0.1) is 0 Å². The molecule has 1 aliphatic rings. The largest absolute Gasteiger partial charge is 0.484 e. The molecule has 2 atom stereocenters. The average Bonchev–Trinajstić information content (AvgIpc) is 2.70. The van der Waals surface area contributed by atoms with Gasteiger partial charge in [0.25, 0.3) is 11.8 Å². The lowest BCUT2D eigenvalue weighted by atomic mass is 9.97. The molecule has 1 aromatic rings. The van der Waals surface area contributed by atoms with Crippen molar-refractivity contribution in [2.75, 3.05) is 32.8 Å². The summed E-state index contributed by atoms with van der Waals surface area (Å²) in [5.41, 5.74) is 0.594. The molecular formula is C22H35N3O3. The summed E-state index contributed by atoms with van der Waals surface area (Å²) in [7, 11) is 0. The Bertz CT molecular complexity index is 618. The third-order valence-corrected chi connectivity index (χ3v) is 5.57. The van der Waals surface area contributed by atoms with E-state index in [0.717, 1.165) is 32.5 Å². The third kappa shape index (κ3) is 6.23. The number of hydrogen-bond donors (Lipinski definition) is 1. The van der Waals surface area contributed by atoms with Crippen molar-refractivity contribution in [3.8, 4) is 5.75 Å². The topological polar surface area (TPSA) is 61.9 Å². The van der Waals surface area contributed by atoms with E-state index in [-0.39, 0.29) is 30.5 Å². The van der Waals surface area contributed by atoms with Crippen LogP contribution in [-0.2, 0) is 4.79 Å². The maximum atomic E-state index is 12.5. The Hall–Kier alpha value is -2.08. The average molecular weight is 390 g/mol. The molecule has 0 radical (unpaired) electrons. The van der Waals surface area contributed by atoms with Crippen molar-refractivity contribution < 1.29 is 14.3 Å². The Labute approximate surface area is 169 Å². The molecule has 6 nitrogen and oxygen atoms in total. The minimum atomic E-state index is -0.0919. The van der Waals surface area contributed by atoms with Gasteiger partial charge in [0.1, 0.15) is 5.75 Å². The van der Waals surface area contributed by atoms with Crippen molar-refractivity contribution in [1.29, 1.82) is 0 Å². The maximum Gasteiger partial charge on any atom is 0.260 e. The monoisotopic (exact) mass is 389 g/mol. The molecule has 0 aromatic heterocycles. The minimum absolute atomic E-state index is 0.0259. The van der Waals surface area contributed by atoms with Crippen LogP contribution in [0.2, 0.25) is 0 Å². The zero-order valence-corrected chi connectivity index (χ0v) is 17.7. The van der Waals surface area contributed by atoms with Crippen molar-refractivity contribution in [3.05, 3.63) is 29.8 Å². The van der Waals surface area contributed by atoms with Gasteiger partial charge in [-0.3, -0.25) is 9.59 Å². The zero-order chi connectivity index (χ0) is 20.5. The highest BCUT2D eigenvalue weighted by molar-refractivity contribution is 5.94. The number of nitrogens with one attached hydrogen (secondary N) is 1. The zero-order valence-electron chi connectivity index (χ0n) is 17.7. The number of rotatable bonds is 9. The lowest BCUT2D eigenvalue weighted by Crippen LogP contribution is -2.49. The molecule has 6 heteroatoms. The van der Waals surface area contributed by atoms with Crippen LogP contribution in [0.1, 0.15) is 57.3 Å². The van der Waals surface area contributed by atoms with Crippen molar-refractivity contribution in [2.45, 2.75) is 59.0 Å². The van der Waals surface area contributed by atoms with Crippen LogP contribution in [-0.4, -0.2) is 66.5 Å². The van der Waals surface area contributed by atoms with Crippen LogP contribution in [0.25, 0.3) is 0 Å². The van der Waals surface area contributed by atoms with Gasteiger partial charge in [-0.25, -0.2) is 0 Å². The predicted octanol–water partition coefficient (Wildman–Crippen LogP) is 2.93. The Morgan fingerprint density at radius 2 is 1.71 bits per heavy atom. The summed E-state index contributed by atoms with van der Waals surface area (Å²) in [6.45, 7) is 11.9. The van der Waals surface area contributed by atoms with Gasteiger partial charge in [0, 0.05) is 30.7 Å². The van der Waals surface area contributed by atoms with E-state index in [1.54, 1.807) is 24.3 Å². The molecular weight excluding hydrogens is 354 g/mol. The molecule has 1 fully saturated rings. The van der Waals surface area contributed by atoms with E-state index in [4.69, 9.17) is 4.74 Å². The van der Waals surface area contributed by atoms with Gasteiger partial charge in [0.15, 0.2) is 6.61 Å². The first-order valence-electron chi connectivity index (χ1n) is 10.5. The first-order valence-corrected chi connectivity index (χ1v) is 10.5. The molecule has 2 unspecified atom stereocenters. The van der Waals surface area contributed by atoms with E-state index < -0.39 is 0 Å².